The molecule has 0 aromatic heterocycles. The van der Waals surface area contributed by atoms with Gasteiger partial charge in [-0.2, -0.15) is 5.26 Å². The first kappa shape index (κ1) is 17.3. The Bertz CT molecular complexity index is 439. The monoisotopic (exact) mass is 290 g/mol. The van der Waals surface area contributed by atoms with Crippen LogP contribution < -0.4 is 14.8 Å². The van der Waals surface area contributed by atoms with Crippen LogP contribution >= 0.6 is 0 Å². The molecule has 0 saturated heterocycles. The van der Waals surface area contributed by atoms with Gasteiger partial charge in [-0.3, -0.25) is 5.32 Å². The fourth-order valence-corrected chi connectivity index (χ4v) is 2.03. The molecule has 21 heavy (non-hydrogen) atoms. The Morgan fingerprint density at radius 3 is 2.43 bits per heavy atom. The Kier molecular flexibility index (Phi) is 7.63. The molecule has 116 valence electrons. The number of nitrogens with zero attached hydrogens (tertiary/aromatic N) is 1. The zero-order valence-corrected chi connectivity index (χ0v) is 13.3. The first-order valence-electron chi connectivity index (χ1n) is 7.56. The predicted molar refractivity (Wildman–Crippen MR) is 84.7 cm³/mol. The summed E-state index contributed by atoms with van der Waals surface area (Å²) in [7, 11) is 1.65. The van der Waals surface area contributed by atoms with E-state index in [-0.39, 0.29) is 0 Å². The summed E-state index contributed by atoms with van der Waals surface area (Å²) in [4.78, 5) is 0. The standard InChI is InChI=1S/C17H26N2O2/c1-4-12-19-17(2,14-18)11-5-6-13-21-16-9-7-15(20-3)8-10-16/h7-10,19H,4-6,11-13H2,1-3H3. The number of hydrogen-bond donors (Lipinski definition) is 1. The Balaban J connectivity index is 2.22. The molecule has 1 aromatic carbocycles. The quantitative estimate of drug-likeness (QED) is 0.670. The SMILES string of the molecule is CCCNC(C)(C#N)CCCCOc1ccc(OC)cc1. The Labute approximate surface area is 128 Å². The third-order valence-electron chi connectivity index (χ3n) is 3.41. The van der Waals surface area contributed by atoms with Crippen LogP contribution in [0.1, 0.15) is 39.5 Å². The maximum atomic E-state index is 9.24. The van der Waals surface area contributed by atoms with Crippen molar-refractivity contribution < 1.29 is 9.47 Å². The molecule has 1 unspecified atom stereocenters. The number of nitrogens with one attached hydrogen (secondary N) is 1. The first-order chi connectivity index (χ1) is 10.1. The molecule has 1 rings (SSSR count). The lowest BCUT2D eigenvalue weighted by Gasteiger charge is -2.22. The van der Waals surface area contributed by atoms with Gasteiger partial charge in [-0.25, -0.2) is 0 Å². The summed E-state index contributed by atoms with van der Waals surface area (Å²) in [6.07, 6.45) is 3.79. The predicted octanol–water partition coefficient (Wildman–Crippen LogP) is 3.53. The molecule has 0 aliphatic heterocycles. The molecule has 4 nitrogen and oxygen atoms in total. The molecule has 1 atom stereocenters. The van der Waals surface area contributed by atoms with Crippen molar-refractivity contribution in [1.82, 2.24) is 5.32 Å². The summed E-state index contributed by atoms with van der Waals surface area (Å²) in [6.45, 7) is 5.62. The number of benzene rings is 1. The Hall–Kier alpha value is -1.73. The number of methoxy groups -OCH3 is 1. The van der Waals surface area contributed by atoms with E-state index in [2.05, 4.69) is 18.3 Å². The molecule has 0 saturated carbocycles. The van der Waals surface area contributed by atoms with Gasteiger partial charge in [0.25, 0.3) is 0 Å². The van der Waals surface area contributed by atoms with Crippen molar-refractivity contribution in [3.8, 4) is 17.6 Å². The summed E-state index contributed by atoms with van der Waals surface area (Å²) in [5.41, 5.74) is -0.421. The molecule has 0 aliphatic carbocycles. The minimum atomic E-state index is -0.421. The molecule has 0 heterocycles. The van der Waals surface area contributed by atoms with Crippen molar-refractivity contribution in [1.29, 1.82) is 5.26 Å². The lowest BCUT2D eigenvalue weighted by atomic mass is 9.96. The lowest BCUT2D eigenvalue weighted by Crippen LogP contribution is -2.41. The number of nitriles is 1. The van der Waals surface area contributed by atoms with Gasteiger partial charge in [0.2, 0.25) is 0 Å². The molecule has 1 aromatic rings. The molecule has 0 aliphatic rings. The van der Waals surface area contributed by atoms with Gasteiger partial charge in [-0.1, -0.05) is 6.92 Å². The highest BCUT2D eigenvalue weighted by molar-refractivity contribution is 5.31. The van der Waals surface area contributed by atoms with Crippen molar-refractivity contribution in [2.24, 2.45) is 0 Å². The summed E-state index contributed by atoms with van der Waals surface area (Å²) in [5.74, 6) is 1.68. The van der Waals surface area contributed by atoms with Gasteiger partial charge < -0.3 is 9.47 Å². The van der Waals surface area contributed by atoms with E-state index in [0.717, 1.165) is 43.7 Å². The van der Waals surface area contributed by atoms with E-state index < -0.39 is 5.54 Å². The zero-order chi connectivity index (χ0) is 15.6. The summed E-state index contributed by atoms with van der Waals surface area (Å²) < 4.78 is 10.8. The highest BCUT2D eigenvalue weighted by Crippen LogP contribution is 2.18. The maximum absolute atomic E-state index is 9.24. The third kappa shape index (κ3) is 6.50. The first-order valence-corrected chi connectivity index (χ1v) is 7.56. The molecule has 0 radical (unpaired) electrons. The van der Waals surface area contributed by atoms with Crippen LogP contribution in [0.5, 0.6) is 11.5 Å². The largest absolute Gasteiger partial charge is 0.497 e. The third-order valence-corrected chi connectivity index (χ3v) is 3.41. The molecule has 0 spiro atoms. The second-order valence-electron chi connectivity index (χ2n) is 5.35. The molecule has 0 bridgehead atoms. The van der Waals surface area contributed by atoms with Crippen LogP contribution in [0, 0.1) is 11.3 Å². The molecular formula is C17H26N2O2. The van der Waals surface area contributed by atoms with Gasteiger partial charge >= 0.3 is 0 Å². The van der Waals surface area contributed by atoms with E-state index in [0.29, 0.717) is 6.61 Å². The van der Waals surface area contributed by atoms with E-state index in [1.54, 1.807) is 7.11 Å². The molecule has 4 heteroatoms. The van der Waals surface area contributed by atoms with E-state index in [9.17, 15) is 5.26 Å². The molecular weight excluding hydrogens is 264 g/mol. The fraction of sp³-hybridized carbons (Fsp3) is 0.588. The average molecular weight is 290 g/mol. The number of hydrogen-bond acceptors (Lipinski definition) is 4. The normalized spacial score (nSPS) is 13.2. The van der Waals surface area contributed by atoms with Gasteiger partial charge in [0.15, 0.2) is 0 Å². The zero-order valence-electron chi connectivity index (χ0n) is 13.3. The van der Waals surface area contributed by atoms with E-state index >= 15 is 0 Å². The summed E-state index contributed by atoms with van der Waals surface area (Å²) >= 11 is 0. The van der Waals surface area contributed by atoms with Crippen LogP contribution in [-0.4, -0.2) is 25.8 Å². The smallest absolute Gasteiger partial charge is 0.119 e. The highest BCUT2D eigenvalue weighted by Gasteiger charge is 2.21. The van der Waals surface area contributed by atoms with Gasteiger partial charge in [-0.15, -0.1) is 0 Å². The van der Waals surface area contributed by atoms with Gasteiger partial charge in [0, 0.05) is 0 Å². The minimum Gasteiger partial charge on any atom is -0.497 e. The highest BCUT2D eigenvalue weighted by atomic mass is 16.5. The minimum absolute atomic E-state index is 0.421. The molecule has 0 fully saturated rings. The van der Waals surface area contributed by atoms with Crippen molar-refractivity contribution in [3.05, 3.63) is 24.3 Å². The second-order valence-corrected chi connectivity index (χ2v) is 5.35. The van der Waals surface area contributed by atoms with Crippen LogP contribution in [-0.2, 0) is 0 Å². The van der Waals surface area contributed by atoms with Gasteiger partial charge in [-0.05, 0) is 63.4 Å². The average Bonchev–Trinajstić information content (AvgIpc) is 2.53. The second kappa shape index (κ2) is 9.25. The number of unbranched alkanes of at least 4 members (excludes halogenated alkanes) is 1. The topological polar surface area (TPSA) is 54.3 Å². The fourth-order valence-electron chi connectivity index (χ4n) is 2.03. The lowest BCUT2D eigenvalue weighted by molar-refractivity contribution is 0.295. The summed E-state index contributed by atoms with van der Waals surface area (Å²) in [5, 5.41) is 12.5. The van der Waals surface area contributed by atoms with Crippen LogP contribution in [0.4, 0.5) is 0 Å². The number of ether oxygens (including phenoxy) is 2. The van der Waals surface area contributed by atoms with Crippen molar-refractivity contribution in [3.63, 3.8) is 0 Å². The van der Waals surface area contributed by atoms with Crippen molar-refractivity contribution >= 4 is 0 Å². The van der Waals surface area contributed by atoms with Crippen molar-refractivity contribution in [2.75, 3.05) is 20.3 Å². The van der Waals surface area contributed by atoms with Crippen LogP contribution in [0.3, 0.4) is 0 Å². The van der Waals surface area contributed by atoms with E-state index in [1.807, 2.05) is 31.2 Å². The van der Waals surface area contributed by atoms with Crippen LogP contribution in [0.25, 0.3) is 0 Å². The van der Waals surface area contributed by atoms with E-state index in [1.165, 1.54) is 0 Å². The Morgan fingerprint density at radius 1 is 1.19 bits per heavy atom. The van der Waals surface area contributed by atoms with Crippen LogP contribution in [0.15, 0.2) is 24.3 Å². The van der Waals surface area contributed by atoms with Gasteiger partial charge in [0.1, 0.15) is 17.0 Å². The number of rotatable bonds is 10. The molecule has 0 amide bonds. The summed E-state index contributed by atoms with van der Waals surface area (Å²) in [6, 6.07) is 9.95. The van der Waals surface area contributed by atoms with Crippen LogP contribution in [0.2, 0.25) is 0 Å². The molecule has 1 N–H and O–H groups in total. The Morgan fingerprint density at radius 2 is 1.86 bits per heavy atom. The maximum Gasteiger partial charge on any atom is 0.119 e. The van der Waals surface area contributed by atoms with Gasteiger partial charge in [0.05, 0.1) is 19.8 Å². The van der Waals surface area contributed by atoms with E-state index in [4.69, 9.17) is 9.47 Å². The van der Waals surface area contributed by atoms with Crippen molar-refractivity contribution in [2.45, 2.75) is 45.1 Å².